The molecule has 0 bridgehead atoms. The summed E-state index contributed by atoms with van der Waals surface area (Å²) in [7, 11) is 0. The average Bonchev–Trinajstić information content (AvgIpc) is 0.777. The number of aromatic nitrogens is 2. The van der Waals surface area contributed by atoms with Crippen molar-refractivity contribution in [1.82, 2.24) is 9.97 Å². The Kier molecular flexibility index (Phi) is 29.4. The maximum absolute atomic E-state index is 13.0. The lowest BCUT2D eigenvalue weighted by Gasteiger charge is -2.31. The summed E-state index contributed by atoms with van der Waals surface area (Å²) >= 11 is 34.6. The van der Waals surface area contributed by atoms with Crippen LogP contribution < -0.4 is 5.69 Å². The number of aryl methyl sites for hydroxylation is 1. The lowest BCUT2D eigenvalue weighted by atomic mass is 9.82. The first-order chi connectivity index (χ1) is 55.9. The van der Waals surface area contributed by atoms with Crippen LogP contribution in [0, 0.1) is 39.0 Å². The summed E-state index contributed by atoms with van der Waals surface area (Å²) < 4.78 is 26.0. The van der Waals surface area contributed by atoms with Gasteiger partial charge in [-0.25, -0.2) is 9.78 Å². The molecular formula is C101H99BrCl5N3O9. The van der Waals surface area contributed by atoms with E-state index in [9.17, 15) is 29.2 Å². The van der Waals surface area contributed by atoms with Crippen molar-refractivity contribution in [3.05, 3.63) is 297 Å². The number of carbonyl (C=O) groups excluding carboxylic acids is 4. The number of nitriles is 1. The minimum atomic E-state index is -0.787. The van der Waals surface area contributed by atoms with E-state index in [2.05, 4.69) is 50.2 Å². The Labute approximate surface area is 731 Å². The third kappa shape index (κ3) is 22.0. The summed E-state index contributed by atoms with van der Waals surface area (Å²) in [4.78, 5) is 69.4. The van der Waals surface area contributed by atoms with Crippen LogP contribution in [0.4, 0.5) is 0 Å². The van der Waals surface area contributed by atoms with Crippen LogP contribution in [0.15, 0.2) is 216 Å². The van der Waals surface area contributed by atoms with E-state index in [1.165, 1.54) is 6.92 Å². The SMILES string of the molecule is CC(=O)C(OC(C)(C)C)c1c(C)c(-c2cnc(=O)[nH]c2)c2ccccc2c1-c1ccc(Cl)cc1.CC(=O)C(OC(C)(C)C)c1c(C)c(C#N)c2ccccc2c1-c1ccc(Cl)cc1.CC(=O)C(OC(C)(C)C)c1c(C)cc2ccc(Cl)cc2c1-c1ccc(Cl)cc1.CC(=O)[C@@H](OC(C)(C)C)c1c(C)c(Br)c2ccccc2c1-c1ccc(Cl)cc1. The Morgan fingerprint density at radius 2 is 0.681 bits per heavy atom. The second kappa shape index (κ2) is 38.1. The minimum absolute atomic E-state index is 0.0181. The second-order valence-electron chi connectivity index (χ2n) is 33.6. The van der Waals surface area contributed by atoms with Crippen LogP contribution in [-0.4, -0.2) is 55.5 Å². The molecule has 1 N–H and O–H groups in total. The second-order valence-corrected chi connectivity index (χ2v) is 36.6. The topological polar surface area (TPSA) is 175 Å². The number of hydrogen-bond donors (Lipinski definition) is 1. The highest BCUT2D eigenvalue weighted by Gasteiger charge is 2.36. The highest BCUT2D eigenvalue weighted by molar-refractivity contribution is 9.10. The Balaban J connectivity index is 0.000000167. The van der Waals surface area contributed by atoms with Crippen LogP contribution >= 0.6 is 73.9 Å². The number of carbonyl (C=O) groups is 4. The van der Waals surface area contributed by atoms with E-state index >= 15 is 0 Å². The van der Waals surface area contributed by atoms with E-state index in [4.69, 9.17) is 77.0 Å². The smallest absolute Gasteiger partial charge is 0.344 e. The van der Waals surface area contributed by atoms with Gasteiger partial charge in [0.2, 0.25) is 0 Å². The van der Waals surface area contributed by atoms with Crippen LogP contribution in [0.5, 0.6) is 0 Å². The molecule has 0 aliphatic heterocycles. The van der Waals surface area contributed by atoms with Crippen molar-refractivity contribution < 1.29 is 38.1 Å². The van der Waals surface area contributed by atoms with E-state index in [-0.39, 0.29) is 23.1 Å². The first-order valence-corrected chi connectivity index (χ1v) is 41.8. The van der Waals surface area contributed by atoms with Crippen LogP contribution in [-0.2, 0) is 38.1 Å². The molecule has 0 radical (unpaired) electrons. The number of fused-ring (bicyclic) bond motifs is 4. The molecule has 614 valence electrons. The molecule has 12 nitrogen and oxygen atoms in total. The van der Waals surface area contributed by atoms with E-state index < -0.39 is 52.5 Å². The quantitative estimate of drug-likeness (QED) is 0.0918. The molecule has 3 unspecified atom stereocenters. The minimum Gasteiger partial charge on any atom is -0.360 e. The number of rotatable bonds is 17. The number of Topliss-reactive ketones (excluding diaryl/α,β-unsaturated/α-hetero) is 4. The van der Waals surface area contributed by atoms with Crippen molar-refractivity contribution >= 4 is 140 Å². The van der Waals surface area contributed by atoms with Crippen molar-refractivity contribution in [3.63, 3.8) is 0 Å². The molecule has 0 amide bonds. The largest absolute Gasteiger partial charge is 0.360 e. The molecule has 119 heavy (non-hydrogen) atoms. The van der Waals surface area contributed by atoms with Gasteiger partial charge < -0.3 is 23.9 Å². The predicted octanol–water partition coefficient (Wildman–Crippen LogP) is 28.7. The first-order valence-electron chi connectivity index (χ1n) is 39.1. The standard InChI is InChI=1S/C28H27ClN2O3.C25H24ClNO2.C24H24BrClO2.C24H24Cl2O2/c1-16-23(19-14-30-27(33)31-15-19)21-8-6-7-9-22(21)25(18-10-12-20(29)13-11-18)24(16)26(17(2)32)34-28(3,4)5;1-15-21(14-27)19-8-6-7-9-20(19)23(17-10-12-18(26)13-11-17)22(15)24(16(2)28)29-25(3,4)5;1-14-20(23(15(2)27)28-24(3,4)5)21(16-10-12-17(26)13-11-16)18-8-6-7-9-19(18)22(14)25;1-14-12-17-8-11-19(26)13-20(17)22(16-6-9-18(25)10-7-16)21(14)23(15(2)27)28-24(3,4)5/h6-15,26H,1-5H3,(H,30,31,33);6-13,24H,1-5H3;2*6-13,23H,1-5H3/t;;23-;/m..1./s1. The number of ketones is 4. The van der Waals surface area contributed by atoms with Gasteiger partial charge in [0.15, 0.2) is 23.1 Å². The van der Waals surface area contributed by atoms with Crippen molar-refractivity contribution in [3.8, 4) is 61.7 Å². The number of nitrogens with zero attached hydrogens (tertiary/aromatic N) is 2. The fraction of sp³-hybridized carbons (Fsp3) is 0.277. The molecule has 0 aliphatic rings. The molecule has 0 aliphatic carbocycles. The van der Waals surface area contributed by atoms with E-state index in [0.717, 1.165) is 148 Å². The number of nitrogens with one attached hydrogen (secondary N) is 1. The summed E-state index contributed by atoms with van der Waals surface area (Å²) in [6.45, 7) is 37.5. The van der Waals surface area contributed by atoms with Crippen LogP contribution in [0.2, 0.25) is 25.1 Å². The van der Waals surface area contributed by atoms with E-state index in [1.54, 1.807) is 33.2 Å². The highest BCUT2D eigenvalue weighted by Crippen LogP contribution is 2.50. The first kappa shape index (κ1) is 91.8. The normalized spacial score (nSPS) is 12.8. The van der Waals surface area contributed by atoms with Gasteiger partial charge in [-0.05, 0) is 331 Å². The molecule has 13 rings (SSSR count). The molecule has 0 saturated heterocycles. The van der Waals surface area contributed by atoms with Gasteiger partial charge in [-0.1, -0.05) is 191 Å². The maximum Gasteiger partial charge on any atom is 0.344 e. The molecule has 1 aromatic heterocycles. The molecule has 13 aromatic rings. The van der Waals surface area contributed by atoms with Gasteiger partial charge in [-0.3, -0.25) is 19.2 Å². The third-order valence-corrected chi connectivity index (χ3v) is 22.1. The third-order valence-electron chi connectivity index (χ3n) is 19.8. The van der Waals surface area contributed by atoms with Crippen molar-refractivity contribution in [2.45, 2.75) is 185 Å². The van der Waals surface area contributed by atoms with Crippen molar-refractivity contribution in [1.29, 1.82) is 5.26 Å². The van der Waals surface area contributed by atoms with Crippen molar-refractivity contribution in [2.24, 2.45) is 0 Å². The number of aromatic amines is 1. The van der Waals surface area contributed by atoms with Gasteiger partial charge in [-0.15, -0.1) is 0 Å². The Morgan fingerprint density at radius 3 is 1.03 bits per heavy atom. The average molecular weight is 1760 g/mol. The summed E-state index contributed by atoms with van der Waals surface area (Å²) in [6, 6.07) is 64.8. The molecule has 1 heterocycles. The summed E-state index contributed by atoms with van der Waals surface area (Å²) in [5.74, 6) is -0.239. The molecule has 0 fully saturated rings. The van der Waals surface area contributed by atoms with Gasteiger partial charge in [-0.2, -0.15) is 5.26 Å². The Morgan fingerprint density at radius 1 is 0.378 bits per heavy atom. The zero-order valence-electron chi connectivity index (χ0n) is 70.8. The zero-order valence-corrected chi connectivity index (χ0v) is 76.1. The molecule has 4 atom stereocenters. The maximum atomic E-state index is 13.0. The molecule has 12 aromatic carbocycles. The summed E-state index contributed by atoms with van der Waals surface area (Å²) in [6.07, 6.45) is 0.318. The Hall–Kier alpha value is -9.50. The van der Waals surface area contributed by atoms with Crippen LogP contribution in [0.3, 0.4) is 0 Å². The molecule has 18 heteroatoms. The van der Waals surface area contributed by atoms with Crippen molar-refractivity contribution in [2.75, 3.05) is 0 Å². The van der Waals surface area contributed by atoms with E-state index in [1.807, 2.05) is 287 Å². The van der Waals surface area contributed by atoms with Crippen LogP contribution in [0.1, 0.15) is 185 Å². The number of benzene rings is 12. The van der Waals surface area contributed by atoms with Crippen LogP contribution in [0.25, 0.3) is 98.7 Å². The Bertz CT molecular complexity index is 6040. The predicted molar refractivity (Wildman–Crippen MR) is 495 cm³/mol. The van der Waals surface area contributed by atoms with Gasteiger partial charge in [0.25, 0.3) is 0 Å². The monoisotopic (exact) mass is 1750 g/mol. The number of ether oxygens (including phenoxy) is 4. The van der Waals surface area contributed by atoms with Gasteiger partial charge in [0, 0.05) is 69.6 Å². The lowest BCUT2D eigenvalue weighted by Crippen LogP contribution is -2.27. The van der Waals surface area contributed by atoms with E-state index in [0.29, 0.717) is 30.7 Å². The highest BCUT2D eigenvalue weighted by atomic mass is 79.9. The summed E-state index contributed by atoms with van der Waals surface area (Å²) in [5.41, 5.74) is 14.4. The van der Waals surface area contributed by atoms with Gasteiger partial charge in [0.05, 0.1) is 28.0 Å². The molecule has 0 spiro atoms. The fourth-order valence-electron chi connectivity index (χ4n) is 15.1. The number of halogens is 6. The molecule has 0 saturated carbocycles. The van der Waals surface area contributed by atoms with Gasteiger partial charge in [0.1, 0.15) is 30.5 Å². The molecular weight excluding hydrogens is 1660 g/mol. The fourth-order valence-corrected chi connectivity index (χ4v) is 16.3. The lowest BCUT2D eigenvalue weighted by molar-refractivity contribution is -0.139. The number of hydrogen-bond acceptors (Lipinski definition) is 11. The summed E-state index contributed by atoms with van der Waals surface area (Å²) in [5, 5.41) is 21.1. The van der Waals surface area contributed by atoms with Gasteiger partial charge >= 0.3 is 5.69 Å². The number of H-pyrrole nitrogens is 1. The zero-order chi connectivity index (χ0) is 87.2.